The van der Waals surface area contributed by atoms with Crippen molar-refractivity contribution in [3.05, 3.63) is 57.1 Å². The van der Waals surface area contributed by atoms with Crippen LogP contribution >= 0.6 is 34.3 Å². The Morgan fingerprint density at radius 3 is 2.72 bits per heavy atom. The van der Waals surface area contributed by atoms with Gasteiger partial charge in [-0.3, -0.25) is 9.59 Å². The second-order valence-electron chi connectivity index (χ2n) is 5.05. The van der Waals surface area contributed by atoms with E-state index in [4.69, 9.17) is 11.6 Å². The number of thiophene rings is 1. The molecule has 0 aliphatic carbocycles. The molecule has 25 heavy (non-hydrogen) atoms. The maximum atomic E-state index is 12.0. The van der Waals surface area contributed by atoms with Crippen molar-refractivity contribution in [2.24, 2.45) is 0 Å². The number of carbonyl (C=O) groups excluding carboxylic acids is 2. The SMILES string of the molecule is O=C(CCNC(=O)c1cccs1)Nc1nc(-c2ccccc2Cl)cs1. The lowest BCUT2D eigenvalue weighted by atomic mass is 10.2. The van der Waals surface area contributed by atoms with Crippen molar-refractivity contribution < 1.29 is 9.59 Å². The van der Waals surface area contributed by atoms with Crippen molar-refractivity contribution in [1.29, 1.82) is 0 Å². The second-order valence-corrected chi connectivity index (χ2v) is 7.26. The standard InChI is InChI=1S/C17H14ClN3O2S2/c18-12-5-2-1-4-11(12)13-10-25-17(20-13)21-15(22)7-8-19-16(23)14-6-3-9-24-14/h1-6,9-10H,7-8H2,(H,19,23)(H,20,21,22). The zero-order valence-electron chi connectivity index (χ0n) is 13.0. The van der Waals surface area contributed by atoms with E-state index < -0.39 is 0 Å². The predicted molar refractivity (Wildman–Crippen MR) is 102 cm³/mol. The first-order valence-corrected chi connectivity index (χ1v) is 9.59. The highest BCUT2D eigenvalue weighted by Crippen LogP contribution is 2.30. The van der Waals surface area contributed by atoms with E-state index >= 15 is 0 Å². The number of amides is 2. The molecule has 3 aromatic rings. The van der Waals surface area contributed by atoms with Gasteiger partial charge in [-0.1, -0.05) is 35.9 Å². The first-order valence-electron chi connectivity index (χ1n) is 7.45. The summed E-state index contributed by atoms with van der Waals surface area (Å²) in [5.41, 5.74) is 1.54. The summed E-state index contributed by atoms with van der Waals surface area (Å²) < 4.78 is 0. The van der Waals surface area contributed by atoms with Crippen LogP contribution in [0.2, 0.25) is 5.02 Å². The lowest BCUT2D eigenvalue weighted by molar-refractivity contribution is -0.116. The Morgan fingerprint density at radius 1 is 1.12 bits per heavy atom. The van der Waals surface area contributed by atoms with Crippen LogP contribution in [0.15, 0.2) is 47.2 Å². The summed E-state index contributed by atoms with van der Waals surface area (Å²) in [6, 6.07) is 11.0. The van der Waals surface area contributed by atoms with Crippen LogP contribution in [0, 0.1) is 0 Å². The van der Waals surface area contributed by atoms with Gasteiger partial charge in [-0.05, 0) is 17.5 Å². The third-order valence-corrected chi connectivity index (χ3v) is 5.24. The summed E-state index contributed by atoms with van der Waals surface area (Å²) >= 11 is 8.85. The van der Waals surface area contributed by atoms with Crippen molar-refractivity contribution in [3.8, 4) is 11.3 Å². The number of nitrogens with zero attached hydrogens (tertiary/aromatic N) is 1. The summed E-state index contributed by atoms with van der Waals surface area (Å²) in [4.78, 5) is 28.8. The van der Waals surface area contributed by atoms with E-state index in [9.17, 15) is 9.59 Å². The zero-order valence-corrected chi connectivity index (χ0v) is 15.4. The van der Waals surface area contributed by atoms with Gasteiger partial charge in [0.15, 0.2) is 5.13 Å². The third-order valence-electron chi connectivity index (χ3n) is 3.28. The van der Waals surface area contributed by atoms with Gasteiger partial charge in [0, 0.05) is 28.9 Å². The quantitative estimate of drug-likeness (QED) is 0.658. The molecular weight excluding hydrogens is 378 g/mol. The van der Waals surface area contributed by atoms with Crippen LogP contribution < -0.4 is 10.6 Å². The number of thiazole rings is 1. The van der Waals surface area contributed by atoms with E-state index in [2.05, 4.69) is 15.6 Å². The molecule has 0 fully saturated rings. The molecule has 5 nitrogen and oxygen atoms in total. The number of carbonyl (C=O) groups is 2. The van der Waals surface area contributed by atoms with Crippen LogP contribution in [-0.2, 0) is 4.79 Å². The summed E-state index contributed by atoms with van der Waals surface area (Å²) in [6.45, 7) is 0.269. The highest BCUT2D eigenvalue weighted by Gasteiger charge is 2.11. The van der Waals surface area contributed by atoms with Gasteiger partial charge in [0.2, 0.25) is 5.91 Å². The van der Waals surface area contributed by atoms with Crippen molar-refractivity contribution in [1.82, 2.24) is 10.3 Å². The molecule has 2 aromatic heterocycles. The van der Waals surface area contributed by atoms with Gasteiger partial charge in [-0.25, -0.2) is 4.98 Å². The minimum Gasteiger partial charge on any atom is -0.351 e. The molecule has 0 aliphatic rings. The molecule has 0 atom stereocenters. The van der Waals surface area contributed by atoms with Crippen molar-refractivity contribution in [3.63, 3.8) is 0 Å². The average molecular weight is 392 g/mol. The van der Waals surface area contributed by atoms with Gasteiger partial charge < -0.3 is 10.6 Å². The van der Waals surface area contributed by atoms with E-state index in [0.717, 1.165) is 11.3 Å². The number of hydrogen-bond acceptors (Lipinski definition) is 5. The predicted octanol–water partition coefficient (Wildman–Crippen LogP) is 4.28. The van der Waals surface area contributed by atoms with Crippen LogP contribution in [0.25, 0.3) is 11.3 Å². The largest absolute Gasteiger partial charge is 0.351 e. The maximum absolute atomic E-state index is 12.0. The minimum atomic E-state index is -0.202. The third kappa shape index (κ3) is 4.66. The van der Waals surface area contributed by atoms with Crippen molar-refractivity contribution >= 4 is 51.2 Å². The second kappa shape index (κ2) is 8.24. The molecule has 1 aromatic carbocycles. The highest BCUT2D eigenvalue weighted by atomic mass is 35.5. The average Bonchev–Trinajstić information content (AvgIpc) is 3.27. The zero-order chi connectivity index (χ0) is 17.6. The Balaban J connectivity index is 1.50. The number of halogens is 1. The summed E-state index contributed by atoms with van der Waals surface area (Å²) in [5, 5.41) is 10.2. The van der Waals surface area contributed by atoms with Crippen LogP contribution in [0.1, 0.15) is 16.1 Å². The normalized spacial score (nSPS) is 10.4. The van der Waals surface area contributed by atoms with E-state index in [1.54, 1.807) is 12.1 Å². The number of nitrogens with one attached hydrogen (secondary N) is 2. The molecule has 2 N–H and O–H groups in total. The van der Waals surface area contributed by atoms with Crippen molar-refractivity contribution in [2.45, 2.75) is 6.42 Å². The van der Waals surface area contributed by atoms with E-state index in [1.165, 1.54) is 22.7 Å². The van der Waals surface area contributed by atoms with Crippen LogP contribution in [0.5, 0.6) is 0 Å². The topological polar surface area (TPSA) is 71.1 Å². The molecule has 0 saturated heterocycles. The Labute approximate surface area is 157 Å². The first kappa shape index (κ1) is 17.6. The molecule has 0 spiro atoms. The molecular formula is C17H14ClN3O2S2. The molecule has 3 rings (SSSR count). The van der Waals surface area contributed by atoms with E-state index in [-0.39, 0.29) is 24.8 Å². The summed E-state index contributed by atoms with van der Waals surface area (Å²) in [5.74, 6) is -0.371. The maximum Gasteiger partial charge on any atom is 0.261 e. The van der Waals surface area contributed by atoms with Gasteiger partial charge in [0.1, 0.15) is 0 Å². The first-order chi connectivity index (χ1) is 12.1. The monoisotopic (exact) mass is 391 g/mol. The van der Waals surface area contributed by atoms with Crippen LogP contribution in [0.4, 0.5) is 5.13 Å². The fourth-order valence-electron chi connectivity index (χ4n) is 2.09. The number of rotatable bonds is 6. The molecule has 0 radical (unpaired) electrons. The molecule has 0 unspecified atom stereocenters. The molecule has 2 amide bonds. The number of hydrogen-bond donors (Lipinski definition) is 2. The van der Waals surface area contributed by atoms with Crippen LogP contribution in [0.3, 0.4) is 0 Å². The Bertz CT molecular complexity index is 878. The van der Waals surface area contributed by atoms with Gasteiger partial charge in [0.05, 0.1) is 10.6 Å². The van der Waals surface area contributed by atoms with Gasteiger partial charge in [-0.15, -0.1) is 22.7 Å². The molecule has 128 valence electrons. The Kier molecular flexibility index (Phi) is 5.80. The van der Waals surface area contributed by atoms with E-state index in [1.807, 2.05) is 35.0 Å². The molecule has 0 saturated carbocycles. The number of anilines is 1. The lowest BCUT2D eigenvalue weighted by Gasteiger charge is -2.04. The summed E-state index contributed by atoms with van der Waals surface area (Å²) in [6.07, 6.45) is 0.179. The highest BCUT2D eigenvalue weighted by molar-refractivity contribution is 7.14. The molecule has 2 heterocycles. The fraction of sp³-hybridized carbons (Fsp3) is 0.118. The minimum absolute atomic E-state index is 0.168. The molecule has 0 aliphatic heterocycles. The Hall–Kier alpha value is -2.22. The van der Waals surface area contributed by atoms with Gasteiger partial charge in [0.25, 0.3) is 5.91 Å². The Morgan fingerprint density at radius 2 is 1.96 bits per heavy atom. The van der Waals surface area contributed by atoms with Crippen LogP contribution in [-0.4, -0.2) is 23.3 Å². The molecule has 0 bridgehead atoms. The lowest BCUT2D eigenvalue weighted by Crippen LogP contribution is -2.27. The fourth-order valence-corrected chi connectivity index (χ4v) is 3.69. The smallest absolute Gasteiger partial charge is 0.261 e. The van der Waals surface area contributed by atoms with Gasteiger partial charge >= 0.3 is 0 Å². The van der Waals surface area contributed by atoms with Crippen molar-refractivity contribution in [2.75, 3.05) is 11.9 Å². The molecule has 8 heteroatoms. The number of benzene rings is 1. The van der Waals surface area contributed by atoms with E-state index in [0.29, 0.717) is 15.0 Å². The summed E-state index contributed by atoms with van der Waals surface area (Å²) in [7, 11) is 0. The van der Waals surface area contributed by atoms with Gasteiger partial charge in [-0.2, -0.15) is 0 Å². The number of aromatic nitrogens is 1.